The summed E-state index contributed by atoms with van der Waals surface area (Å²) in [6.45, 7) is 6.79. The first kappa shape index (κ1) is 30.5. The molecule has 0 amide bonds. The van der Waals surface area contributed by atoms with E-state index in [2.05, 4.69) is 34.8 Å². The number of nitrogens with zero attached hydrogens (tertiary/aromatic N) is 6. The number of sulfonamides is 1. The molecule has 6 rings (SSSR count). The molecule has 0 unspecified atom stereocenters. The average molecular weight is 627 g/mol. The number of morpholine rings is 1. The largest absolute Gasteiger partial charge is 0.489 e. The number of rotatable bonds is 11. The van der Waals surface area contributed by atoms with Gasteiger partial charge < -0.3 is 24.4 Å². The molecule has 0 spiro atoms. The molecular weight excluding hydrogens is 584 g/mol. The Morgan fingerprint density at radius 3 is 2.43 bits per heavy atom. The fourth-order valence-corrected chi connectivity index (χ4v) is 6.51. The Balaban J connectivity index is 1.06. The normalized spacial score (nSPS) is 21.6. The lowest BCUT2D eigenvalue weighted by atomic mass is 9.93. The summed E-state index contributed by atoms with van der Waals surface area (Å²) in [5.74, 6) is 2.60. The predicted molar refractivity (Wildman–Crippen MR) is 169 cm³/mol. The predicted octanol–water partition coefficient (Wildman–Crippen LogP) is 3.29. The van der Waals surface area contributed by atoms with E-state index in [4.69, 9.17) is 19.2 Å². The Kier molecular flexibility index (Phi) is 9.77. The number of pyridine rings is 2. The third-order valence-corrected chi connectivity index (χ3v) is 8.91. The van der Waals surface area contributed by atoms with Crippen molar-refractivity contribution in [1.82, 2.24) is 24.8 Å². The van der Waals surface area contributed by atoms with E-state index in [-0.39, 0.29) is 12.1 Å². The molecule has 3 aliphatic rings. The Morgan fingerprint density at radius 2 is 1.70 bits per heavy atom. The minimum Gasteiger partial charge on any atom is -0.489 e. The summed E-state index contributed by atoms with van der Waals surface area (Å²) < 4.78 is 44.0. The standard InChI is InChI=1S/C30H42N8O5S/c1-44(39,40)36-23-17-26-27(31-19-23)18-28(38-9-3-2-4-10-38)35-29(26)43-24-7-5-22(6-8-24)34-30-32-20-25(21-33-30)42-16-13-37-11-14-41-15-12-37/h17-22,24,36H,2-16H2,1H3,(H,32,33,34)/t22-,24+. The average Bonchev–Trinajstić information content (AvgIpc) is 3.03. The number of nitrogens with one attached hydrogen (secondary N) is 2. The van der Waals surface area contributed by atoms with E-state index in [9.17, 15) is 8.42 Å². The summed E-state index contributed by atoms with van der Waals surface area (Å²) in [6.07, 6.45) is 13.0. The van der Waals surface area contributed by atoms with Crippen molar-refractivity contribution in [3.05, 3.63) is 30.7 Å². The molecule has 2 aliphatic heterocycles. The van der Waals surface area contributed by atoms with Crippen LogP contribution < -0.4 is 24.4 Å². The van der Waals surface area contributed by atoms with E-state index >= 15 is 0 Å². The molecule has 0 aromatic carbocycles. The molecule has 2 N–H and O–H groups in total. The molecule has 0 atom stereocenters. The monoisotopic (exact) mass is 626 g/mol. The number of piperidine rings is 1. The smallest absolute Gasteiger partial charge is 0.229 e. The van der Waals surface area contributed by atoms with Crippen LogP contribution in [0.5, 0.6) is 11.6 Å². The summed E-state index contributed by atoms with van der Waals surface area (Å²) in [4.78, 5) is 23.0. The highest BCUT2D eigenvalue weighted by atomic mass is 32.2. The van der Waals surface area contributed by atoms with Crippen molar-refractivity contribution in [3.8, 4) is 11.6 Å². The van der Waals surface area contributed by atoms with E-state index in [1.54, 1.807) is 18.5 Å². The molecule has 13 nitrogen and oxygen atoms in total. The topological polar surface area (TPSA) is 144 Å². The van der Waals surface area contributed by atoms with E-state index in [1.807, 2.05) is 6.07 Å². The van der Waals surface area contributed by atoms with Gasteiger partial charge in [0.05, 0.1) is 54.7 Å². The van der Waals surface area contributed by atoms with Gasteiger partial charge in [0, 0.05) is 44.8 Å². The molecule has 0 bridgehead atoms. The summed E-state index contributed by atoms with van der Waals surface area (Å²) in [5, 5.41) is 4.15. The highest BCUT2D eigenvalue weighted by Crippen LogP contribution is 2.33. The third-order valence-electron chi connectivity index (χ3n) is 8.31. The van der Waals surface area contributed by atoms with E-state index in [1.165, 1.54) is 12.6 Å². The number of aromatic nitrogens is 4. The highest BCUT2D eigenvalue weighted by molar-refractivity contribution is 7.92. The maximum Gasteiger partial charge on any atom is 0.229 e. The van der Waals surface area contributed by atoms with Gasteiger partial charge in [0.1, 0.15) is 18.5 Å². The SMILES string of the molecule is CS(=O)(=O)Nc1cnc2cc(N3CCCCC3)nc(O[C@H]3CC[C@@H](Nc4ncc(OCCN5CCOCC5)cn4)CC3)c2c1. The zero-order chi connectivity index (χ0) is 30.4. The van der Waals surface area contributed by atoms with Crippen LogP contribution in [0.4, 0.5) is 17.5 Å². The number of hydrogen-bond acceptors (Lipinski definition) is 12. The Hall–Kier alpha value is -3.49. The molecule has 3 aromatic rings. The lowest BCUT2D eigenvalue weighted by molar-refractivity contribution is 0.0322. The van der Waals surface area contributed by atoms with Crippen LogP contribution in [0.15, 0.2) is 30.7 Å². The lowest BCUT2D eigenvalue weighted by Crippen LogP contribution is -2.38. The van der Waals surface area contributed by atoms with Crippen molar-refractivity contribution in [2.75, 3.05) is 73.7 Å². The number of fused-ring (bicyclic) bond motifs is 1. The zero-order valence-corrected chi connectivity index (χ0v) is 26.1. The Bertz CT molecular complexity index is 1490. The molecule has 5 heterocycles. The van der Waals surface area contributed by atoms with Crippen molar-refractivity contribution >= 4 is 38.4 Å². The van der Waals surface area contributed by atoms with Crippen LogP contribution in [0.25, 0.3) is 10.9 Å². The van der Waals surface area contributed by atoms with Crippen LogP contribution in [0, 0.1) is 0 Å². The van der Waals surface area contributed by atoms with Crippen molar-refractivity contribution in [2.24, 2.45) is 0 Å². The van der Waals surface area contributed by atoms with E-state index in [0.29, 0.717) is 35.3 Å². The Morgan fingerprint density at radius 1 is 0.955 bits per heavy atom. The van der Waals surface area contributed by atoms with Gasteiger partial charge in [-0.25, -0.2) is 18.4 Å². The minimum absolute atomic E-state index is 0.0185. The second-order valence-electron chi connectivity index (χ2n) is 11.8. The van der Waals surface area contributed by atoms with Crippen LogP contribution in [0.2, 0.25) is 0 Å². The van der Waals surface area contributed by atoms with Crippen molar-refractivity contribution < 1.29 is 22.6 Å². The molecule has 1 aliphatic carbocycles. The van der Waals surface area contributed by atoms with Gasteiger partial charge in [-0.05, 0) is 51.0 Å². The summed E-state index contributed by atoms with van der Waals surface area (Å²) in [5.41, 5.74) is 1.12. The molecule has 0 radical (unpaired) electrons. The molecule has 44 heavy (non-hydrogen) atoms. The van der Waals surface area contributed by atoms with Gasteiger partial charge in [-0.3, -0.25) is 14.6 Å². The lowest BCUT2D eigenvalue weighted by Gasteiger charge is -2.31. The highest BCUT2D eigenvalue weighted by Gasteiger charge is 2.25. The number of hydrogen-bond donors (Lipinski definition) is 2. The van der Waals surface area contributed by atoms with Crippen LogP contribution in [0.3, 0.4) is 0 Å². The quantitative estimate of drug-likeness (QED) is 0.322. The molecule has 1 saturated carbocycles. The Labute approximate surface area is 258 Å². The first-order chi connectivity index (χ1) is 21.4. The van der Waals surface area contributed by atoms with Gasteiger partial charge >= 0.3 is 0 Å². The van der Waals surface area contributed by atoms with Crippen LogP contribution in [0.1, 0.15) is 44.9 Å². The first-order valence-electron chi connectivity index (χ1n) is 15.6. The van der Waals surface area contributed by atoms with Crippen LogP contribution in [-0.4, -0.2) is 104 Å². The van der Waals surface area contributed by atoms with Gasteiger partial charge in [-0.2, -0.15) is 4.98 Å². The third kappa shape index (κ3) is 8.36. The maximum absolute atomic E-state index is 11.9. The fraction of sp³-hybridized carbons (Fsp3) is 0.600. The molecule has 2 saturated heterocycles. The van der Waals surface area contributed by atoms with Crippen molar-refractivity contribution in [1.29, 1.82) is 0 Å². The van der Waals surface area contributed by atoms with Gasteiger partial charge in [0.2, 0.25) is 21.9 Å². The second-order valence-corrected chi connectivity index (χ2v) is 13.5. The summed E-state index contributed by atoms with van der Waals surface area (Å²) in [7, 11) is -3.44. The van der Waals surface area contributed by atoms with Gasteiger partial charge in [-0.1, -0.05) is 0 Å². The maximum atomic E-state index is 11.9. The van der Waals surface area contributed by atoms with Gasteiger partial charge in [-0.15, -0.1) is 0 Å². The number of ether oxygens (including phenoxy) is 3. The van der Waals surface area contributed by atoms with Gasteiger partial charge in [0.25, 0.3) is 0 Å². The summed E-state index contributed by atoms with van der Waals surface area (Å²) in [6, 6.07) is 3.96. The second kappa shape index (κ2) is 14.1. The van der Waals surface area contributed by atoms with E-state index < -0.39 is 10.0 Å². The molecular formula is C30H42N8O5S. The zero-order valence-electron chi connectivity index (χ0n) is 25.3. The summed E-state index contributed by atoms with van der Waals surface area (Å²) >= 11 is 0. The minimum atomic E-state index is -3.44. The van der Waals surface area contributed by atoms with Crippen LogP contribution >= 0.6 is 0 Å². The molecule has 3 fully saturated rings. The van der Waals surface area contributed by atoms with E-state index in [0.717, 1.165) is 102 Å². The van der Waals surface area contributed by atoms with Crippen molar-refractivity contribution in [3.63, 3.8) is 0 Å². The molecule has 238 valence electrons. The van der Waals surface area contributed by atoms with Gasteiger partial charge in [0.15, 0.2) is 5.75 Å². The first-order valence-corrected chi connectivity index (χ1v) is 17.5. The van der Waals surface area contributed by atoms with Crippen molar-refractivity contribution in [2.45, 2.75) is 57.1 Å². The molecule has 3 aromatic heterocycles. The molecule has 14 heteroatoms. The number of anilines is 3. The van der Waals surface area contributed by atoms with Crippen LogP contribution in [-0.2, 0) is 14.8 Å². The fourth-order valence-electron chi connectivity index (χ4n) is 5.97.